The Bertz CT molecular complexity index is 1400. The van der Waals surface area contributed by atoms with Crippen LogP contribution in [0, 0.1) is 5.82 Å². The number of rotatable bonds is 9. The number of likely N-dealkylation sites (N-methyl/N-ethyl adjacent to an activating group) is 1. The van der Waals surface area contributed by atoms with Crippen molar-refractivity contribution in [3.8, 4) is 11.1 Å². The third-order valence-corrected chi connectivity index (χ3v) is 7.79. The predicted molar refractivity (Wildman–Crippen MR) is 151 cm³/mol. The van der Waals surface area contributed by atoms with Gasteiger partial charge in [0.05, 0.1) is 18.2 Å². The number of aliphatic hydroxyl groups is 1. The van der Waals surface area contributed by atoms with Gasteiger partial charge in [0.15, 0.2) is 0 Å². The molecule has 0 radical (unpaired) electrons. The summed E-state index contributed by atoms with van der Waals surface area (Å²) in [5.74, 6) is -0.586. The zero-order chi connectivity index (χ0) is 29.2. The van der Waals surface area contributed by atoms with Crippen LogP contribution in [0.4, 0.5) is 29.2 Å². The highest BCUT2D eigenvalue weighted by Crippen LogP contribution is 2.29. The van der Waals surface area contributed by atoms with E-state index in [2.05, 4.69) is 20.0 Å². The highest BCUT2D eigenvalue weighted by Gasteiger charge is 2.31. The van der Waals surface area contributed by atoms with Crippen LogP contribution in [-0.4, -0.2) is 68.8 Å². The first-order chi connectivity index (χ1) is 18.8. The fourth-order valence-corrected chi connectivity index (χ4v) is 5.74. The molecule has 1 saturated carbocycles. The van der Waals surface area contributed by atoms with E-state index in [-0.39, 0.29) is 40.7 Å². The number of halogens is 4. The van der Waals surface area contributed by atoms with Crippen LogP contribution in [-0.2, 0) is 0 Å². The molecule has 1 fully saturated rings. The normalized spacial score (nSPS) is 19.9. The molecule has 3 atom stereocenters. The molecule has 218 valence electrons. The van der Waals surface area contributed by atoms with Gasteiger partial charge in [0, 0.05) is 41.0 Å². The lowest BCUT2D eigenvalue weighted by Gasteiger charge is -2.37. The molecule has 2 heterocycles. The molecule has 0 spiro atoms. The number of alkyl halides is 3. The summed E-state index contributed by atoms with van der Waals surface area (Å²) in [6.07, 6.45) is -1.91. The SMILES string of the molecule is CC(C)n1c(=O)c(-c2ccc(NSCCC(F)(F)F)c(F)c2)cc2cnc(NC3CCC(N(C)C)C(O)C3)nc21. The smallest absolute Gasteiger partial charge is 0.389 e. The summed E-state index contributed by atoms with van der Waals surface area (Å²) in [7, 11) is 3.91. The molecular formula is C27H34F4N6O2S. The Kier molecular flexibility index (Phi) is 9.26. The Labute approximate surface area is 234 Å². The van der Waals surface area contributed by atoms with Crippen LogP contribution >= 0.6 is 11.9 Å². The number of nitrogens with zero attached hydrogens (tertiary/aromatic N) is 4. The number of pyridine rings is 1. The van der Waals surface area contributed by atoms with Crippen molar-refractivity contribution >= 4 is 34.6 Å². The molecule has 40 heavy (non-hydrogen) atoms. The van der Waals surface area contributed by atoms with Gasteiger partial charge in [-0.3, -0.25) is 9.36 Å². The van der Waals surface area contributed by atoms with Crippen LogP contribution in [0.5, 0.6) is 0 Å². The zero-order valence-corrected chi connectivity index (χ0v) is 23.6. The number of hydrogen-bond donors (Lipinski definition) is 3. The van der Waals surface area contributed by atoms with Gasteiger partial charge >= 0.3 is 6.18 Å². The van der Waals surface area contributed by atoms with E-state index in [1.165, 1.54) is 16.7 Å². The van der Waals surface area contributed by atoms with Gasteiger partial charge in [0.2, 0.25) is 5.95 Å². The molecule has 13 heteroatoms. The summed E-state index contributed by atoms with van der Waals surface area (Å²) in [6, 6.07) is 5.59. The van der Waals surface area contributed by atoms with E-state index < -0.39 is 24.5 Å². The summed E-state index contributed by atoms with van der Waals surface area (Å²) in [4.78, 5) is 24.7. The molecule has 2 aromatic heterocycles. The average Bonchev–Trinajstić information content (AvgIpc) is 2.86. The monoisotopic (exact) mass is 582 g/mol. The summed E-state index contributed by atoms with van der Waals surface area (Å²) in [5, 5.41) is 14.4. The molecule has 0 bridgehead atoms. The van der Waals surface area contributed by atoms with Gasteiger partial charge < -0.3 is 20.0 Å². The van der Waals surface area contributed by atoms with Crippen molar-refractivity contribution in [2.45, 2.75) is 69.9 Å². The summed E-state index contributed by atoms with van der Waals surface area (Å²) in [6.45, 7) is 3.70. The Morgan fingerprint density at radius 3 is 2.60 bits per heavy atom. The molecule has 0 saturated heterocycles. The van der Waals surface area contributed by atoms with Crippen LogP contribution in [0.3, 0.4) is 0 Å². The van der Waals surface area contributed by atoms with Crippen LogP contribution in [0.15, 0.2) is 35.3 Å². The second kappa shape index (κ2) is 12.3. The molecule has 3 unspecified atom stereocenters. The lowest BCUT2D eigenvalue weighted by Crippen LogP contribution is -2.46. The van der Waals surface area contributed by atoms with Crippen molar-refractivity contribution in [2.75, 3.05) is 29.9 Å². The molecule has 1 aliphatic rings. The fourth-order valence-electron chi connectivity index (χ4n) is 4.98. The molecular weight excluding hydrogens is 548 g/mol. The first kappa shape index (κ1) is 30.1. The van der Waals surface area contributed by atoms with Gasteiger partial charge in [-0.1, -0.05) is 18.0 Å². The van der Waals surface area contributed by atoms with E-state index in [1.807, 2.05) is 32.8 Å². The molecule has 1 aromatic carbocycles. The van der Waals surface area contributed by atoms with Crippen LogP contribution in [0.25, 0.3) is 22.2 Å². The number of aromatic nitrogens is 3. The maximum absolute atomic E-state index is 14.8. The minimum absolute atomic E-state index is 0.0103. The number of benzene rings is 1. The quantitative estimate of drug-likeness (QED) is 0.174. The average molecular weight is 583 g/mol. The molecule has 4 rings (SSSR count). The lowest BCUT2D eigenvalue weighted by molar-refractivity contribution is -0.129. The maximum Gasteiger partial charge on any atom is 0.389 e. The summed E-state index contributed by atoms with van der Waals surface area (Å²) in [5.41, 5.74) is 0.700. The van der Waals surface area contributed by atoms with Gasteiger partial charge in [-0.25, -0.2) is 9.37 Å². The van der Waals surface area contributed by atoms with Gasteiger partial charge in [-0.15, -0.1) is 0 Å². The van der Waals surface area contributed by atoms with Crippen molar-refractivity contribution in [3.05, 3.63) is 46.6 Å². The Morgan fingerprint density at radius 1 is 1.23 bits per heavy atom. The molecule has 0 aliphatic heterocycles. The second-order valence-corrected chi connectivity index (χ2v) is 11.5. The van der Waals surface area contributed by atoms with Crippen LogP contribution in [0.1, 0.15) is 45.6 Å². The van der Waals surface area contributed by atoms with Crippen molar-refractivity contribution in [2.24, 2.45) is 0 Å². The highest BCUT2D eigenvalue weighted by atomic mass is 32.2. The number of anilines is 2. The van der Waals surface area contributed by atoms with Gasteiger partial charge in [-0.2, -0.15) is 18.2 Å². The second-order valence-electron chi connectivity index (χ2n) is 10.6. The van der Waals surface area contributed by atoms with Gasteiger partial charge in [-0.05, 0) is 71.0 Å². The highest BCUT2D eigenvalue weighted by molar-refractivity contribution is 8.00. The Morgan fingerprint density at radius 2 is 1.98 bits per heavy atom. The third kappa shape index (κ3) is 7.05. The predicted octanol–water partition coefficient (Wildman–Crippen LogP) is 5.45. The van der Waals surface area contributed by atoms with E-state index in [1.54, 1.807) is 18.3 Å². The minimum atomic E-state index is -4.28. The first-order valence-corrected chi connectivity index (χ1v) is 14.1. The van der Waals surface area contributed by atoms with Crippen molar-refractivity contribution in [1.29, 1.82) is 0 Å². The van der Waals surface area contributed by atoms with Crippen molar-refractivity contribution < 1.29 is 22.7 Å². The zero-order valence-electron chi connectivity index (χ0n) is 22.8. The van der Waals surface area contributed by atoms with E-state index >= 15 is 0 Å². The topological polar surface area (TPSA) is 95.3 Å². The van der Waals surface area contributed by atoms with E-state index in [0.717, 1.165) is 24.8 Å². The molecule has 1 aliphatic carbocycles. The van der Waals surface area contributed by atoms with Gasteiger partial charge in [0.25, 0.3) is 5.56 Å². The molecule has 8 nitrogen and oxygen atoms in total. The molecule has 3 N–H and O–H groups in total. The Hall–Kier alpha value is -2.90. The third-order valence-electron chi connectivity index (χ3n) is 7.02. The Balaban J connectivity index is 1.58. The number of hydrogen-bond acceptors (Lipinski definition) is 8. The lowest BCUT2D eigenvalue weighted by atomic mass is 9.88. The minimum Gasteiger partial charge on any atom is -0.391 e. The van der Waals surface area contributed by atoms with Gasteiger partial charge in [0.1, 0.15) is 11.5 Å². The standard InChI is InChI=1S/C27H34F4N6O2S/c1-15(2)37-24-17(14-32-26(34-24)33-18-6-8-22(36(3)4)23(38)13-18)11-19(25(37)39)16-5-7-21(20(28)12-16)35-40-10-9-27(29,30)31/h5,7,11-12,14-15,18,22-23,35,38H,6,8-10,13H2,1-4H3,(H,32,33,34). The van der Waals surface area contributed by atoms with E-state index in [9.17, 15) is 27.5 Å². The summed E-state index contributed by atoms with van der Waals surface area (Å²) >= 11 is 0.761. The fraction of sp³-hybridized carbons (Fsp3) is 0.519. The van der Waals surface area contributed by atoms with Crippen LogP contribution in [0.2, 0.25) is 0 Å². The summed E-state index contributed by atoms with van der Waals surface area (Å²) < 4.78 is 56.0. The van der Waals surface area contributed by atoms with Crippen molar-refractivity contribution in [1.82, 2.24) is 19.4 Å². The molecule has 0 amide bonds. The number of fused-ring (bicyclic) bond motifs is 1. The van der Waals surface area contributed by atoms with E-state index in [0.29, 0.717) is 29.0 Å². The number of aliphatic hydroxyl groups excluding tert-OH is 1. The van der Waals surface area contributed by atoms with E-state index in [4.69, 9.17) is 0 Å². The van der Waals surface area contributed by atoms with Crippen molar-refractivity contribution in [3.63, 3.8) is 0 Å². The number of nitrogens with one attached hydrogen (secondary N) is 2. The molecule has 3 aromatic rings. The van der Waals surface area contributed by atoms with Crippen LogP contribution < -0.4 is 15.6 Å². The maximum atomic E-state index is 14.8. The largest absolute Gasteiger partial charge is 0.391 e. The first-order valence-electron chi connectivity index (χ1n) is 13.1.